The molecule has 2 aromatic carbocycles. The summed E-state index contributed by atoms with van der Waals surface area (Å²) in [5, 5.41) is 4.78. The third-order valence-electron chi connectivity index (χ3n) is 4.86. The monoisotopic (exact) mass is 439 g/mol. The summed E-state index contributed by atoms with van der Waals surface area (Å²) in [6, 6.07) is 14.9. The van der Waals surface area contributed by atoms with E-state index in [1.54, 1.807) is 17.0 Å². The van der Waals surface area contributed by atoms with Crippen LogP contribution in [0.1, 0.15) is 39.4 Å². The van der Waals surface area contributed by atoms with Crippen molar-refractivity contribution in [1.82, 2.24) is 4.90 Å². The Hall–Kier alpha value is -3.19. The molecule has 0 saturated heterocycles. The van der Waals surface area contributed by atoms with Gasteiger partial charge in [-0.2, -0.15) is 0 Å². The number of benzene rings is 2. The van der Waals surface area contributed by atoms with Crippen molar-refractivity contribution in [2.24, 2.45) is 0 Å². The molecule has 0 atom stereocenters. The molecule has 0 fully saturated rings. The zero-order chi connectivity index (χ0) is 22.5. The lowest BCUT2D eigenvalue weighted by molar-refractivity contribution is 0.0690. The van der Waals surface area contributed by atoms with Gasteiger partial charge in [0.2, 0.25) is 0 Å². The van der Waals surface area contributed by atoms with Crippen molar-refractivity contribution in [2.45, 2.75) is 26.4 Å². The molecule has 0 aliphatic carbocycles. The highest BCUT2D eigenvalue weighted by Crippen LogP contribution is 2.26. The van der Waals surface area contributed by atoms with E-state index >= 15 is 0 Å². The number of carbonyl (C=O) groups is 2. The lowest BCUT2D eigenvalue weighted by atomic mass is 10.1. The number of nitrogens with zero attached hydrogens (tertiary/aromatic N) is 2. The number of halogens is 1. The fourth-order valence-electron chi connectivity index (χ4n) is 3.29. The number of thiophene rings is 1. The summed E-state index contributed by atoms with van der Waals surface area (Å²) in [4.78, 5) is 29.9. The molecule has 1 heterocycles. The van der Waals surface area contributed by atoms with Crippen molar-refractivity contribution in [2.75, 3.05) is 24.3 Å². The van der Waals surface area contributed by atoms with Crippen LogP contribution >= 0.6 is 11.3 Å². The van der Waals surface area contributed by atoms with Gasteiger partial charge >= 0.3 is 0 Å². The van der Waals surface area contributed by atoms with Gasteiger partial charge in [-0.3, -0.25) is 9.59 Å². The maximum Gasteiger partial charge on any atom is 0.265 e. The highest BCUT2D eigenvalue weighted by atomic mass is 32.1. The number of amides is 2. The molecule has 0 radical (unpaired) electrons. The van der Waals surface area contributed by atoms with E-state index < -0.39 is 5.82 Å². The van der Waals surface area contributed by atoms with Crippen molar-refractivity contribution in [3.05, 3.63) is 81.8 Å². The lowest BCUT2D eigenvalue weighted by Crippen LogP contribution is -2.36. The van der Waals surface area contributed by atoms with Crippen LogP contribution in [0.2, 0.25) is 0 Å². The van der Waals surface area contributed by atoms with Crippen LogP contribution in [0, 0.1) is 5.82 Å². The van der Waals surface area contributed by atoms with Gasteiger partial charge < -0.3 is 15.1 Å². The number of nitrogens with one attached hydrogen (secondary N) is 1. The Bertz CT molecular complexity index is 1060. The molecule has 162 valence electrons. The topological polar surface area (TPSA) is 52.7 Å². The van der Waals surface area contributed by atoms with Crippen molar-refractivity contribution >= 4 is 34.5 Å². The number of rotatable bonds is 7. The molecule has 1 N–H and O–H groups in total. The number of anilines is 2. The van der Waals surface area contributed by atoms with Gasteiger partial charge in [0.1, 0.15) is 5.82 Å². The summed E-state index contributed by atoms with van der Waals surface area (Å²) in [7, 11) is 3.85. The van der Waals surface area contributed by atoms with Crippen LogP contribution < -0.4 is 10.2 Å². The summed E-state index contributed by atoms with van der Waals surface area (Å²) < 4.78 is 13.7. The molecule has 0 aliphatic heterocycles. The number of carbonyl (C=O) groups excluding carboxylic acids is 2. The van der Waals surface area contributed by atoms with Crippen LogP contribution in [-0.2, 0) is 6.54 Å². The fraction of sp³-hybridized carbons (Fsp3) is 0.250. The molecule has 3 rings (SSSR count). The minimum atomic E-state index is -0.443. The Labute approximate surface area is 186 Å². The molecule has 0 saturated carbocycles. The van der Waals surface area contributed by atoms with Crippen LogP contribution in [0.25, 0.3) is 0 Å². The predicted molar refractivity (Wildman–Crippen MR) is 124 cm³/mol. The van der Waals surface area contributed by atoms with E-state index in [4.69, 9.17) is 0 Å². The Balaban J connectivity index is 1.90. The third-order valence-corrected chi connectivity index (χ3v) is 5.73. The first-order valence-electron chi connectivity index (χ1n) is 9.98. The average Bonchev–Trinajstić information content (AvgIpc) is 3.26. The van der Waals surface area contributed by atoms with Crippen LogP contribution in [0.15, 0.2) is 60.0 Å². The maximum atomic E-state index is 13.7. The molecular formula is C24H26FN3O2S. The summed E-state index contributed by atoms with van der Waals surface area (Å²) >= 11 is 1.38. The van der Waals surface area contributed by atoms with E-state index in [2.05, 4.69) is 5.32 Å². The molecule has 0 bridgehead atoms. The minimum Gasteiger partial charge on any atom is -0.377 e. The van der Waals surface area contributed by atoms with Crippen LogP contribution in [0.5, 0.6) is 0 Å². The standard InChI is InChI=1S/C24H26FN3O2S/c1-16(2)28(24(30)17-7-5-8-19(25)13-17)15-18-14-20(10-11-21(18)27(3)4)26-23(29)22-9-6-12-31-22/h5-14,16H,15H2,1-4H3,(H,26,29). The summed E-state index contributed by atoms with van der Waals surface area (Å²) in [6.45, 7) is 4.17. The van der Waals surface area contributed by atoms with Crippen molar-refractivity contribution in [1.29, 1.82) is 0 Å². The SMILES string of the molecule is CC(C)N(Cc1cc(NC(=O)c2cccs2)ccc1N(C)C)C(=O)c1cccc(F)c1. The first-order chi connectivity index (χ1) is 14.8. The highest BCUT2D eigenvalue weighted by molar-refractivity contribution is 7.12. The zero-order valence-corrected chi connectivity index (χ0v) is 18.9. The van der Waals surface area contributed by atoms with Crippen molar-refractivity contribution < 1.29 is 14.0 Å². The van der Waals surface area contributed by atoms with Gasteiger partial charge in [0, 0.05) is 43.6 Å². The first-order valence-corrected chi connectivity index (χ1v) is 10.9. The van der Waals surface area contributed by atoms with E-state index in [-0.39, 0.29) is 17.9 Å². The summed E-state index contributed by atoms with van der Waals surface area (Å²) in [6.07, 6.45) is 0. The maximum absolute atomic E-state index is 13.7. The molecule has 3 aromatic rings. The van der Waals surface area contributed by atoms with Gasteiger partial charge in [0.05, 0.1) is 4.88 Å². The molecule has 1 aromatic heterocycles. The Morgan fingerprint density at radius 3 is 2.45 bits per heavy atom. The second kappa shape index (κ2) is 9.75. The van der Waals surface area contributed by atoms with Gasteiger partial charge in [-0.15, -0.1) is 11.3 Å². The molecule has 0 spiro atoms. The van der Waals surface area contributed by atoms with Gasteiger partial charge in [-0.1, -0.05) is 12.1 Å². The molecule has 0 aliphatic rings. The average molecular weight is 440 g/mol. The molecule has 0 unspecified atom stereocenters. The van der Waals surface area contributed by atoms with Crippen molar-refractivity contribution in [3.8, 4) is 0 Å². The molecule has 2 amide bonds. The van der Waals surface area contributed by atoms with Crippen molar-refractivity contribution in [3.63, 3.8) is 0 Å². The lowest BCUT2D eigenvalue weighted by Gasteiger charge is -2.29. The van der Waals surface area contributed by atoms with Gasteiger partial charge in [-0.25, -0.2) is 4.39 Å². The van der Waals surface area contributed by atoms with Gasteiger partial charge in [-0.05, 0) is 67.3 Å². The summed E-state index contributed by atoms with van der Waals surface area (Å²) in [5.74, 6) is -0.857. The smallest absolute Gasteiger partial charge is 0.265 e. The largest absolute Gasteiger partial charge is 0.377 e. The third kappa shape index (κ3) is 5.49. The van der Waals surface area contributed by atoms with Crippen LogP contribution in [0.3, 0.4) is 0 Å². The number of hydrogen-bond donors (Lipinski definition) is 1. The minimum absolute atomic E-state index is 0.102. The van der Waals surface area contributed by atoms with Crippen LogP contribution in [0.4, 0.5) is 15.8 Å². The van der Waals surface area contributed by atoms with Gasteiger partial charge in [0.25, 0.3) is 11.8 Å². The summed E-state index contributed by atoms with van der Waals surface area (Å²) in [5.41, 5.74) is 2.78. The first kappa shape index (κ1) is 22.5. The fourth-order valence-corrected chi connectivity index (χ4v) is 3.91. The molecule has 5 nitrogen and oxygen atoms in total. The van der Waals surface area contributed by atoms with E-state index in [9.17, 15) is 14.0 Å². The quantitative estimate of drug-likeness (QED) is 0.547. The molecular weight excluding hydrogens is 413 g/mol. The van der Waals surface area contributed by atoms with E-state index in [1.165, 1.54) is 29.5 Å². The zero-order valence-electron chi connectivity index (χ0n) is 18.1. The normalized spacial score (nSPS) is 10.8. The van der Waals surface area contributed by atoms with Crippen LogP contribution in [-0.4, -0.2) is 36.9 Å². The van der Waals surface area contributed by atoms with E-state index in [1.807, 2.05) is 62.5 Å². The van der Waals surface area contributed by atoms with Gasteiger partial charge in [0.15, 0.2) is 0 Å². The number of hydrogen-bond acceptors (Lipinski definition) is 4. The predicted octanol–water partition coefficient (Wildman–Crippen LogP) is 5.26. The Kier molecular flexibility index (Phi) is 7.07. The molecule has 7 heteroatoms. The van der Waals surface area contributed by atoms with E-state index in [0.29, 0.717) is 22.7 Å². The second-order valence-electron chi connectivity index (χ2n) is 7.71. The highest BCUT2D eigenvalue weighted by Gasteiger charge is 2.21. The molecule has 31 heavy (non-hydrogen) atoms. The Morgan fingerprint density at radius 2 is 1.84 bits per heavy atom. The Morgan fingerprint density at radius 1 is 1.06 bits per heavy atom. The van der Waals surface area contributed by atoms with E-state index in [0.717, 1.165) is 11.3 Å². The second-order valence-corrected chi connectivity index (χ2v) is 8.65.